The number of carbonyl (C=O) groups excluding carboxylic acids is 1. The molecule has 2 atom stereocenters. The Morgan fingerprint density at radius 3 is 2.50 bits per heavy atom. The van der Waals surface area contributed by atoms with Gasteiger partial charge in [0.25, 0.3) is 0 Å². The molecule has 2 N–H and O–H groups in total. The minimum Gasteiger partial charge on any atom is -0.481 e. The van der Waals surface area contributed by atoms with Crippen molar-refractivity contribution in [3.63, 3.8) is 0 Å². The van der Waals surface area contributed by atoms with Crippen LogP contribution in [-0.2, 0) is 14.3 Å². The first-order chi connectivity index (χ1) is 8.38. The fourth-order valence-corrected chi connectivity index (χ4v) is 1.27. The van der Waals surface area contributed by atoms with Crippen LogP contribution < -0.4 is 0 Å². The highest BCUT2D eigenvalue weighted by molar-refractivity contribution is 5.87. The summed E-state index contributed by atoms with van der Waals surface area (Å²) in [7, 11) is 1.31. The highest BCUT2D eigenvalue weighted by Crippen LogP contribution is 2.12. The van der Waals surface area contributed by atoms with Gasteiger partial charge in [0.1, 0.15) is 0 Å². The van der Waals surface area contributed by atoms with E-state index in [1.807, 2.05) is 0 Å². The number of hydrogen-bond donors (Lipinski definition) is 2. The smallest absolute Gasteiger partial charge is 0.333 e. The Morgan fingerprint density at radius 1 is 1.39 bits per heavy atom. The molecular formula is C13H20O5. The second-order valence-electron chi connectivity index (χ2n) is 4.15. The van der Waals surface area contributed by atoms with Crippen LogP contribution >= 0.6 is 0 Å². The summed E-state index contributed by atoms with van der Waals surface area (Å²) in [5, 5.41) is 18.0. The molecule has 0 spiro atoms. The van der Waals surface area contributed by atoms with Gasteiger partial charge in [-0.1, -0.05) is 25.2 Å². The van der Waals surface area contributed by atoms with E-state index in [9.17, 15) is 14.7 Å². The summed E-state index contributed by atoms with van der Waals surface area (Å²) >= 11 is 0. The third kappa shape index (κ3) is 6.85. The zero-order chi connectivity index (χ0) is 14.1. The number of esters is 1. The summed E-state index contributed by atoms with van der Waals surface area (Å²) in [6.07, 6.45) is 4.50. The van der Waals surface area contributed by atoms with Gasteiger partial charge in [-0.2, -0.15) is 0 Å². The van der Waals surface area contributed by atoms with Crippen LogP contribution in [0.25, 0.3) is 0 Å². The van der Waals surface area contributed by atoms with Crippen LogP contribution in [0, 0.1) is 5.92 Å². The lowest BCUT2D eigenvalue weighted by atomic mass is 9.98. The third-order valence-electron chi connectivity index (χ3n) is 2.54. The molecule has 0 saturated heterocycles. The van der Waals surface area contributed by atoms with Crippen LogP contribution in [0.3, 0.4) is 0 Å². The van der Waals surface area contributed by atoms with Crippen molar-refractivity contribution >= 4 is 11.9 Å². The average Bonchev–Trinajstić information content (AvgIpc) is 2.31. The molecule has 0 aromatic carbocycles. The second-order valence-corrected chi connectivity index (χ2v) is 4.15. The monoisotopic (exact) mass is 256 g/mol. The highest BCUT2D eigenvalue weighted by Gasteiger charge is 2.15. The van der Waals surface area contributed by atoms with Gasteiger partial charge in [-0.25, -0.2) is 4.79 Å². The third-order valence-corrected chi connectivity index (χ3v) is 2.54. The number of aliphatic hydroxyl groups is 1. The van der Waals surface area contributed by atoms with Gasteiger partial charge >= 0.3 is 11.9 Å². The molecule has 18 heavy (non-hydrogen) atoms. The molecule has 0 aromatic heterocycles. The SMILES string of the molecule is COC(=O)/C(C)=C/C=C/C[C@@H](C)[C@H](O)CC(=O)O. The van der Waals surface area contributed by atoms with Crippen molar-refractivity contribution in [3.05, 3.63) is 23.8 Å². The van der Waals surface area contributed by atoms with E-state index in [1.54, 1.807) is 32.1 Å². The quantitative estimate of drug-likeness (QED) is 0.410. The summed E-state index contributed by atoms with van der Waals surface area (Å²) < 4.78 is 4.53. The van der Waals surface area contributed by atoms with E-state index in [0.29, 0.717) is 12.0 Å². The number of hydrogen-bond acceptors (Lipinski definition) is 4. The molecule has 0 bridgehead atoms. The average molecular weight is 256 g/mol. The molecule has 0 unspecified atom stereocenters. The number of ether oxygens (including phenoxy) is 1. The first kappa shape index (κ1) is 16.4. The normalized spacial score (nSPS) is 15.4. The van der Waals surface area contributed by atoms with Gasteiger partial charge in [-0.15, -0.1) is 0 Å². The van der Waals surface area contributed by atoms with E-state index in [2.05, 4.69) is 4.74 Å². The lowest BCUT2D eigenvalue weighted by Gasteiger charge is -2.14. The molecule has 0 rings (SSSR count). The molecule has 0 heterocycles. The maximum absolute atomic E-state index is 11.0. The van der Waals surface area contributed by atoms with E-state index in [0.717, 1.165) is 0 Å². The Balaban J connectivity index is 4.16. The lowest BCUT2D eigenvalue weighted by molar-refractivity contribution is -0.140. The van der Waals surface area contributed by atoms with Gasteiger partial charge in [0, 0.05) is 5.57 Å². The first-order valence-corrected chi connectivity index (χ1v) is 5.70. The number of allylic oxidation sites excluding steroid dienone is 3. The Morgan fingerprint density at radius 2 is 2.00 bits per heavy atom. The van der Waals surface area contributed by atoms with Crippen LogP contribution in [0.2, 0.25) is 0 Å². The number of carboxylic acids is 1. The summed E-state index contributed by atoms with van der Waals surface area (Å²) in [6.45, 7) is 3.41. The van der Waals surface area contributed by atoms with Crippen molar-refractivity contribution in [1.29, 1.82) is 0 Å². The van der Waals surface area contributed by atoms with E-state index in [4.69, 9.17) is 5.11 Å². The van der Waals surface area contributed by atoms with Crippen molar-refractivity contribution in [1.82, 2.24) is 0 Å². The lowest BCUT2D eigenvalue weighted by Crippen LogP contribution is -2.20. The molecule has 0 aliphatic rings. The number of methoxy groups -OCH3 is 1. The van der Waals surface area contributed by atoms with Crippen LogP contribution in [0.4, 0.5) is 0 Å². The van der Waals surface area contributed by atoms with Crippen molar-refractivity contribution in [2.75, 3.05) is 7.11 Å². The zero-order valence-corrected chi connectivity index (χ0v) is 10.9. The standard InChI is InChI=1S/C13H20O5/c1-9(11(14)8-12(15)16)6-4-5-7-10(2)13(17)18-3/h4-5,7,9,11,14H,6,8H2,1-3H3,(H,15,16)/b5-4+,10-7+/t9-,11-/m1/s1. The first-order valence-electron chi connectivity index (χ1n) is 5.70. The number of rotatable bonds is 7. The van der Waals surface area contributed by atoms with Gasteiger partial charge in [0.05, 0.1) is 19.6 Å². The summed E-state index contributed by atoms with van der Waals surface area (Å²) in [5.41, 5.74) is 0.479. The highest BCUT2D eigenvalue weighted by atomic mass is 16.5. The Kier molecular flexibility index (Phi) is 7.71. The number of carbonyl (C=O) groups is 2. The summed E-state index contributed by atoms with van der Waals surface area (Å²) in [6, 6.07) is 0. The topological polar surface area (TPSA) is 83.8 Å². The maximum Gasteiger partial charge on any atom is 0.333 e. The predicted molar refractivity (Wildman–Crippen MR) is 67.0 cm³/mol. The Bertz CT molecular complexity index is 343. The van der Waals surface area contributed by atoms with Gasteiger partial charge in [0.2, 0.25) is 0 Å². The molecule has 0 radical (unpaired) electrons. The predicted octanol–water partition coefficient (Wildman–Crippen LogP) is 1.52. The summed E-state index contributed by atoms with van der Waals surface area (Å²) in [4.78, 5) is 21.4. The number of aliphatic hydroxyl groups excluding tert-OH is 1. The van der Waals surface area contributed by atoms with Crippen LogP contribution in [0.5, 0.6) is 0 Å². The molecule has 0 aliphatic carbocycles. The Labute approximate surface area is 107 Å². The fraction of sp³-hybridized carbons (Fsp3) is 0.538. The Hall–Kier alpha value is -1.62. The number of carboxylic acid groups (broad SMARTS) is 1. The van der Waals surface area contributed by atoms with E-state index in [1.165, 1.54) is 7.11 Å². The van der Waals surface area contributed by atoms with Gasteiger partial charge < -0.3 is 14.9 Å². The van der Waals surface area contributed by atoms with E-state index >= 15 is 0 Å². The minimum atomic E-state index is -1.01. The van der Waals surface area contributed by atoms with Gasteiger partial charge in [-0.3, -0.25) is 4.79 Å². The van der Waals surface area contributed by atoms with Crippen LogP contribution in [-0.4, -0.2) is 35.4 Å². The maximum atomic E-state index is 11.0. The van der Waals surface area contributed by atoms with Crippen LogP contribution in [0.15, 0.2) is 23.8 Å². The molecule has 5 heteroatoms. The second kappa shape index (κ2) is 8.47. The van der Waals surface area contributed by atoms with E-state index in [-0.39, 0.29) is 12.3 Å². The molecule has 0 aromatic rings. The van der Waals surface area contributed by atoms with Crippen molar-refractivity contribution in [2.45, 2.75) is 32.8 Å². The largest absolute Gasteiger partial charge is 0.481 e. The van der Waals surface area contributed by atoms with E-state index < -0.39 is 18.0 Å². The molecular weight excluding hydrogens is 236 g/mol. The van der Waals surface area contributed by atoms with Gasteiger partial charge in [0.15, 0.2) is 0 Å². The molecule has 5 nitrogen and oxygen atoms in total. The number of aliphatic carboxylic acids is 1. The molecule has 0 fully saturated rings. The molecule has 0 aliphatic heterocycles. The van der Waals surface area contributed by atoms with Crippen molar-refractivity contribution in [3.8, 4) is 0 Å². The zero-order valence-electron chi connectivity index (χ0n) is 10.9. The molecule has 102 valence electrons. The fourth-order valence-electron chi connectivity index (χ4n) is 1.27. The molecule has 0 amide bonds. The van der Waals surface area contributed by atoms with Crippen molar-refractivity contribution in [2.24, 2.45) is 5.92 Å². The van der Waals surface area contributed by atoms with Crippen molar-refractivity contribution < 1.29 is 24.5 Å². The minimum absolute atomic E-state index is 0.149. The van der Waals surface area contributed by atoms with Gasteiger partial charge in [-0.05, 0) is 19.3 Å². The summed E-state index contributed by atoms with van der Waals surface area (Å²) in [5.74, 6) is -1.55. The molecule has 0 saturated carbocycles. The van der Waals surface area contributed by atoms with Crippen LogP contribution in [0.1, 0.15) is 26.7 Å².